The van der Waals surface area contributed by atoms with E-state index in [0.29, 0.717) is 18.8 Å². The molecule has 96 valence electrons. The Morgan fingerprint density at radius 2 is 2.39 bits per heavy atom. The van der Waals surface area contributed by atoms with Crippen molar-refractivity contribution in [3.8, 4) is 0 Å². The Balaban J connectivity index is 2.17. The maximum Gasteiger partial charge on any atom is 0.305 e. The van der Waals surface area contributed by atoms with E-state index in [1.54, 1.807) is 21.8 Å². The minimum Gasteiger partial charge on any atom is -0.481 e. The Kier molecular flexibility index (Phi) is 3.66. The molecule has 2 aromatic heterocycles. The van der Waals surface area contributed by atoms with Crippen LogP contribution >= 0.6 is 0 Å². The highest BCUT2D eigenvalue weighted by molar-refractivity contribution is 5.67. The lowest BCUT2D eigenvalue weighted by molar-refractivity contribution is -0.138. The van der Waals surface area contributed by atoms with Crippen LogP contribution in [0.1, 0.15) is 31.6 Å². The van der Waals surface area contributed by atoms with Gasteiger partial charge in [-0.15, -0.1) is 5.10 Å². The molecule has 2 aromatic rings. The maximum absolute atomic E-state index is 10.8. The molecule has 2 heterocycles. The van der Waals surface area contributed by atoms with Gasteiger partial charge in [-0.1, -0.05) is 6.92 Å². The molecule has 0 saturated carbocycles. The summed E-state index contributed by atoms with van der Waals surface area (Å²) in [5, 5.41) is 24.3. The number of hydrogen-bond acceptors (Lipinski definition) is 5. The first kappa shape index (κ1) is 12.2. The number of carbonyl (C=O) groups is 1. The molecule has 1 N–H and O–H groups in total. The van der Waals surface area contributed by atoms with Gasteiger partial charge in [0.2, 0.25) is 0 Å². The highest BCUT2D eigenvalue weighted by atomic mass is 16.4. The zero-order valence-electron chi connectivity index (χ0n) is 9.97. The van der Waals surface area contributed by atoms with Gasteiger partial charge in [-0.25, -0.2) is 4.68 Å². The number of nitrogens with zero attached hydrogens (tertiary/aromatic N) is 6. The van der Waals surface area contributed by atoms with Crippen molar-refractivity contribution in [2.45, 2.75) is 32.4 Å². The van der Waals surface area contributed by atoms with Crippen LogP contribution in [0.3, 0.4) is 0 Å². The molecule has 8 nitrogen and oxygen atoms in total. The molecule has 8 heteroatoms. The van der Waals surface area contributed by atoms with Crippen LogP contribution in [0, 0.1) is 0 Å². The fraction of sp³-hybridized carbons (Fsp3) is 0.500. The van der Waals surface area contributed by atoms with Crippen molar-refractivity contribution >= 4 is 5.97 Å². The summed E-state index contributed by atoms with van der Waals surface area (Å²) in [5.74, 6) is -0.255. The standard InChI is InChI=1S/C10H14N6O2/c1-2-8(6-10(17)18)16-9(12-13-14-16)7-15-5-3-4-11-15/h3-5,8H,2,6-7H2,1H3,(H,17,18). The van der Waals surface area contributed by atoms with Crippen molar-refractivity contribution in [1.29, 1.82) is 0 Å². The van der Waals surface area contributed by atoms with Crippen molar-refractivity contribution in [3.05, 3.63) is 24.3 Å². The summed E-state index contributed by atoms with van der Waals surface area (Å²) in [4.78, 5) is 10.8. The number of rotatable bonds is 6. The predicted molar refractivity (Wildman–Crippen MR) is 60.7 cm³/mol. The lowest BCUT2D eigenvalue weighted by atomic mass is 10.1. The van der Waals surface area contributed by atoms with Crippen molar-refractivity contribution < 1.29 is 9.90 Å². The number of carboxylic acids is 1. The van der Waals surface area contributed by atoms with E-state index >= 15 is 0 Å². The minimum absolute atomic E-state index is 0.00759. The van der Waals surface area contributed by atoms with Crippen LogP contribution in [0.15, 0.2) is 18.5 Å². The molecule has 0 aliphatic carbocycles. The van der Waals surface area contributed by atoms with Gasteiger partial charge in [-0.3, -0.25) is 9.48 Å². The fourth-order valence-corrected chi connectivity index (χ4v) is 1.74. The molecule has 0 radical (unpaired) electrons. The zero-order valence-corrected chi connectivity index (χ0v) is 9.97. The quantitative estimate of drug-likeness (QED) is 0.793. The monoisotopic (exact) mass is 250 g/mol. The molecular weight excluding hydrogens is 236 g/mol. The lowest BCUT2D eigenvalue weighted by Crippen LogP contribution is -2.18. The molecule has 0 saturated heterocycles. The average Bonchev–Trinajstić information content (AvgIpc) is 2.98. The fourth-order valence-electron chi connectivity index (χ4n) is 1.74. The second kappa shape index (κ2) is 5.39. The van der Waals surface area contributed by atoms with E-state index in [0.717, 1.165) is 0 Å². The Morgan fingerprint density at radius 1 is 1.56 bits per heavy atom. The highest BCUT2D eigenvalue weighted by Gasteiger charge is 2.18. The average molecular weight is 250 g/mol. The predicted octanol–water partition coefficient (Wildman–Crippen LogP) is 0.344. The van der Waals surface area contributed by atoms with Crippen LogP contribution in [-0.2, 0) is 11.3 Å². The molecule has 0 aromatic carbocycles. The third-order valence-corrected chi connectivity index (χ3v) is 2.65. The lowest BCUT2D eigenvalue weighted by Gasteiger charge is -2.14. The Labute approximate surface area is 103 Å². The first-order valence-electron chi connectivity index (χ1n) is 5.66. The molecule has 0 bridgehead atoms. The second-order valence-electron chi connectivity index (χ2n) is 3.90. The first-order chi connectivity index (χ1) is 8.70. The number of aliphatic carboxylic acids is 1. The third kappa shape index (κ3) is 2.70. The van der Waals surface area contributed by atoms with Crippen molar-refractivity contribution in [1.82, 2.24) is 30.0 Å². The number of carboxylic acid groups (broad SMARTS) is 1. The van der Waals surface area contributed by atoms with Crippen molar-refractivity contribution in [2.24, 2.45) is 0 Å². The molecule has 1 unspecified atom stereocenters. The number of hydrogen-bond donors (Lipinski definition) is 1. The summed E-state index contributed by atoms with van der Waals surface area (Å²) >= 11 is 0. The molecule has 18 heavy (non-hydrogen) atoms. The summed E-state index contributed by atoms with van der Waals surface area (Å²) in [6.07, 6.45) is 4.14. The largest absolute Gasteiger partial charge is 0.481 e. The van der Waals surface area contributed by atoms with E-state index in [4.69, 9.17) is 5.11 Å². The normalized spacial score (nSPS) is 12.5. The third-order valence-electron chi connectivity index (χ3n) is 2.65. The SMILES string of the molecule is CCC(CC(=O)O)n1nnnc1Cn1cccn1. The summed E-state index contributed by atoms with van der Waals surface area (Å²) in [6, 6.07) is 1.57. The Bertz CT molecular complexity index is 506. The molecule has 2 rings (SSSR count). The van der Waals surface area contributed by atoms with E-state index in [1.807, 2.05) is 13.0 Å². The van der Waals surface area contributed by atoms with E-state index in [9.17, 15) is 4.79 Å². The van der Waals surface area contributed by atoms with Crippen molar-refractivity contribution in [2.75, 3.05) is 0 Å². The van der Waals surface area contributed by atoms with E-state index in [1.165, 1.54) is 0 Å². The van der Waals surface area contributed by atoms with Gasteiger partial charge in [-0.05, 0) is 22.9 Å². The molecule has 0 spiro atoms. The van der Waals surface area contributed by atoms with Gasteiger partial charge >= 0.3 is 5.97 Å². The van der Waals surface area contributed by atoms with Crippen LogP contribution in [0.2, 0.25) is 0 Å². The Morgan fingerprint density at radius 3 is 3.00 bits per heavy atom. The molecule has 0 fully saturated rings. The van der Waals surface area contributed by atoms with E-state index in [-0.39, 0.29) is 12.5 Å². The summed E-state index contributed by atoms with van der Waals surface area (Å²) in [5.41, 5.74) is 0. The van der Waals surface area contributed by atoms with Gasteiger partial charge in [-0.2, -0.15) is 5.10 Å². The molecule has 0 aliphatic heterocycles. The molecular formula is C10H14N6O2. The van der Waals surface area contributed by atoms with Crippen LogP contribution in [0.25, 0.3) is 0 Å². The zero-order chi connectivity index (χ0) is 13.0. The Hall–Kier alpha value is -2.25. The highest BCUT2D eigenvalue weighted by Crippen LogP contribution is 2.16. The van der Waals surface area contributed by atoms with Crippen LogP contribution in [0.5, 0.6) is 0 Å². The van der Waals surface area contributed by atoms with Crippen LogP contribution in [0.4, 0.5) is 0 Å². The van der Waals surface area contributed by atoms with Gasteiger partial charge in [0, 0.05) is 12.4 Å². The van der Waals surface area contributed by atoms with Gasteiger partial charge < -0.3 is 5.11 Å². The molecule has 0 aliphatic rings. The smallest absolute Gasteiger partial charge is 0.305 e. The second-order valence-corrected chi connectivity index (χ2v) is 3.90. The topological polar surface area (TPSA) is 98.7 Å². The summed E-state index contributed by atoms with van der Waals surface area (Å²) in [7, 11) is 0. The van der Waals surface area contributed by atoms with E-state index < -0.39 is 5.97 Å². The van der Waals surface area contributed by atoms with Crippen LogP contribution in [-0.4, -0.2) is 41.1 Å². The number of aromatic nitrogens is 6. The van der Waals surface area contributed by atoms with Gasteiger partial charge in [0.05, 0.1) is 12.5 Å². The van der Waals surface area contributed by atoms with Crippen molar-refractivity contribution in [3.63, 3.8) is 0 Å². The molecule has 0 amide bonds. The van der Waals surface area contributed by atoms with E-state index in [2.05, 4.69) is 20.6 Å². The minimum atomic E-state index is -0.859. The first-order valence-corrected chi connectivity index (χ1v) is 5.66. The van der Waals surface area contributed by atoms with Gasteiger partial charge in [0.15, 0.2) is 5.82 Å². The maximum atomic E-state index is 10.8. The van der Waals surface area contributed by atoms with Gasteiger partial charge in [0.1, 0.15) is 6.54 Å². The summed E-state index contributed by atoms with van der Waals surface area (Å²) in [6.45, 7) is 2.34. The molecule has 1 atom stereocenters. The summed E-state index contributed by atoms with van der Waals surface area (Å²) < 4.78 is 3.26. The number of tetrazole rings is 1. The van der Waals surface area contributed by atoms with Gasteiger partial charge in [0.25, 0.3) is 0 Å². The van der Waals surface area contributed by atoms with Crippen LogP contribution < -0.4 is 0 Å².